The molecule has 0 atom stereocenters. The normalized spacial score (nSPS) is 9.93. The molecule has 0 aromatic carbocycles. The van der Waals surface area contributed by atoms with Crippen LogP contribution in [0.5, 0.6) is 0 Å². The molecule has 0 bridgehead atoms. The molecule has 76 valence electrons. The van der Waals surface area contributed by atoms with Crippen molar-refractivity contribution < 1.29 is 9.53 Å². The first-order valence-corrected chi connectivity index (χ1v) is 4.99. The molecule has 1 aromatic heterocycles. The molecule has 14 heavy (non-hydrogen) atoms. The smallest absolute Gasteiger partial charge is 0.342 e. The molecular formula is C8H9ClN2O2S. The largest absolute Gasteiger partial charge is 0.462 e. The van der Waals surface area contributed by atoms with Crippen molar-refractivity contribution in [2.75, 3.05) is 6.61 Å². The summed E-state index contributed by atoms with van der Waals surface area (Å²) in [5.74, 6) is 0.345. The van der Waals surface area contributed by atoms with Crippen molar-refractivity contribution in [3.63, 3.8) is 0 Å². The number of halogens is 1. The van der Waals surface area contributed by atoms with Gasteiger partial charge in [0.15, 0.2) is 0 Å². The molecule has 0 saturated heterocycles. The van der Waals surface area contributed by atoms with Crippen LogP contribution in [-0.4, -0.2) is 22.5 Å². The number of aromatic nitrogens is 2. The molecule has 4 nitrogen and oxygen atoms in total. The van der Waals surface area contributed by atoms with Gasteiger partial charge in [0.2, 0.25) is 0 Å². The van der Waals surface area contributed by atoms with Crippen LogP contribution in [0, 0.1) is 0 Å². The van der Waals surface area contributed by atoms with E-state index < -0.39 is 5.97 Å². The molecule has 0 radical (unpaired) electrons. The molecule has 0 aliphatic rings. The van der Waals surface area contributed by atoms with Crippen LogP contribution >= 0.6 is 24.2 Å². The highest BCUT2D eigenvalue weighted by Gasteiger charge is 2.13. The van der Waals surface area contributed by atoms with Crippen molar-refractivity contribution in [3.05, 3.63) is 22.7 Å². The van der Waals surface area contributed by atoms with Crippen molar-refractivity contribution in [2.45, 2.75) is 12.7 Å². The standard InChI is InChI=1S/C8H9ClN2O2S/c1-2-13-8(12)5-3-10-6(4-14)11-7(5)9/h3,14H,2,4H2,1H3. The van der Waals surface area contributed by atoms with Gasteiger partial charge in [-0.3, -0.25) is 0 Å². The topological polar surface area (TPSA) is 52.1 Å². The molecule has 6 heteroatoms. The molecule has 0 saturated carbocycles. The first-order chi connectivity index (χ1) is 6.69. The Kier molecular flexibility index (Phi) is 4.16. The van der Waals surface area contributed by atoms with Gasteiger partial charge in [0, 0.05) is 6.20 Å². The SMILES string of the molecule is CCOC(=O)c1cnc(CS)nc1Cl. The lowest BCUT2D eigenvalue weighted by molar-refractivity contribution is 0.0525. The summed E-state index contributed by atoms with van der Waals surface area (Å²) in [6.07, 6.45) is 1.35. The second-order valence-corrected chi connectivity index (χ2v) is 3.04. The average Bonchev–Trinajstić information content (AvgIpc) is 2.17. The maximum Gasteiger partial charge on any atom is 0.342 e. The van der Waals surface area contributed by atoms with Gasteiger partial charge >= 0.3 is 5.97 Å². The van der Waals surface area contributed by atoms with Crippen LogP contribution in [0.1, 0.15) is 23.1 Å². The maximum absolute atomic E-state index is 11.3. The maximum atomic E-state index is 11.3. The Balaban J connectivity index is 2.94. The number of hydrogen-bond donors (Lipinski definition) is 1. The monoisotopic (exact) mass is 232 g/mol. The van der Waals surface area contributed by atoms with Crippen LogP contribution < -0.4 is 0 Å². The quantitative estimate of drug-likeness (QED) is 0.490. The Bertz CT molecular complexity index is 346. The molecule has 0 amide bonds. The van der Waals surface area contributed by atoms with Gasteiger partial charge in [-0.05, 0) is 6.92 Å². The Morgan fingerprint density at radius 1 is 1.71 bits per heavy atom. The van der Waals surface area contributed by atoms with Crippen LogP contribution in [0.3, 0.4) is 0 Å². The van der Waals surface area contributed by atoms with Crippen LogP contribution in [-0.2, 0) is 10.5 Å². The number of thiol groups is 1. The highest BCUT2D eigenvalue weighted by Crippen LogP contribution is 2.13. The number of nitrogens with zero attached hydrogens (tertiary/aromatic N) is 2. The van der Waals surface area contributed by atoms with Crippen molar-refractivity contribution in [1.82, 2.24) is 9.97 Å². The number of esters is 1. The molecule has 0 N–H and O–H groups in total. The fraction of sp³-hybridized carbons (Fsp3) is 0.375. The first kappa shape index (κ1) is 11.3. The van der Waals surface area contributed by atoms with Crippen molar-refractivity contribution in [3.8, 4) is 0 Å². The number of rotatable bonds is 3. The van der Waals surface area contributed by atoms with Crippen LogP contribution in [0.15, 0.2) is 6.20 Å². The van der Waals surface area contributed by atoms with E-state index in [2.05, 4.69) is 22.6 Å². The Hall–Kier alpha value is -0.810. The van der Waals surface area contributed by atoms with Crippen LogP contribution in [0.4, 0.5) is 0 Å². The average molecular weight is 233 g/mol. The van der Waals surface area contributed by atoms with Crippen molar-refractivity contribution >= 4 is 30.2 Å². The van der Waals surface area contributed by atoms with Crippen LogP contribution in [0.25, 0.3) is 0 Å². The summed E-state index contributed by atoms with van der Waals surface area (Å²) in [4.78, 5) is 19.0. The molecular weight excluding hydrogens is 224 g/mol. The van der Waals surface area contributed by atoms with E-state index in [1.165, 1.54) is 6.20 Å². The molecule has 1 heterocycles. The summed E-state index contributed by atoms with van der Waals surface area (Å²) in [6, 6.07) is 0. The predicted octanol–water partition coefficient (Wildman–Crippen LogP) is 1.74. The van der Waals surface area contributed by atoms with Gasteiger partial charge in [-0.2, -0.15) is 12.6 Å². The summed E-state index contributed by atoms with van der Waals surface area (Å²) >= 11 is 9.74. The minimum absolute atomic E-state index is 0.0995. The van der Waals surface area contributed by atoms with Gasteiger partial charge in [0.05, 0.1) is 12.4 Å². The van der Waals surface area contributed by atoms with Gasteiger partial charge in [-0.25, -0.2) is 14.8 Å². The van der Waals surface area contributed by atoms with Gasteiger partial charge in [0.25, 0.3) is 0 Å². The van der Waals surface area contributed by atoms with Gasteiger partial charge in [0.1, 0.15) is 16.5 Å². The number of carbonyl (C=O) groups excluding carboxylic acids is 1. The zero-order chi connectivity index (χ0) is 10.6. The molecule has 0 aliphatic heterocycles. The third-order valence-electron chi connectivity index (χ3n) is 1.43. The Morgan fingerprint density at radius 3 is 2.93 bits per heavy atom. The van der Waals surface area contributed by atoms with Crippen LogP contribution in [0.2, 0.25) is 5.15 Å². The first-order valence-electron chi connectivity index (χ1n) is 3.98. The number of ether oxygens (including phenoxy) is 1. The lowest BCUT2D eigenvalue weighted by Gasteiger charge is -2.03. The van der Waals surface area contributed by atoms with E-state index in [1.54, 1.807) is 6.92 Å². The minimum Gasteiger partial charge on any atom is -0.462 e. The third-order valence-corrected chi connectivity index (χ3v) is 2.00. The molecule has 0 fully saturated rings. The van der Waals surface area contributed by atoms with E-state index in [9.17, 15) is 4.79 Å². The highest BCUT2D eigenvalue weighted by atomic mass is 35.5. The second-order valence-electron chi connectivity index (χ2n) is 2.37. The van der Waals surface area contributed by atoms with E-state index in [4.69, 9.17) is 16.3 Å². The van der Waals surface area contributed by atoms with Crippen molar-refractivity contribution in [2.24, 2.45) is 0 Å². The van der Waals surface area contributed by atoms with Crippen molar-refractivity contribution in [1.29, 1.82) is 0 Å². The summed E-state index contributed by atoms with van der Waals surface area (Å²) in [7, 11) is 0. The third kappa shape index (κ3) is 2.59. The molecule has 1 aromatic rings. The fourth-order valence-electron chi connectivity index (χ4n) is 0.817. The van der Waals surface area contributed by atoms with E-state index in [1.807, 2.05) is 0 Å². The summed E-state index contributed by atoms with van der Waals surface area (Å²) in [5.41, 5.74) is 0.180. The molecule has 1 rings (SSSR count). The zero-order valence-electron chi connectivity index (χ0n) is 7.53. The number of carbonyl (C=O) groups is 1. The Labute approximate surface area is 92.1 Å². The molecule has 0 unspecified atom stereocenters. The van der Waals surface area contributed by atoms with Gasteiger partial charge in [-0.15, -0.1) is 0 Å². The Morgan fingerprint density at radius 2 is 2.43 bits per heavy atom. The van der Waals surface area contributed by atoms with E-state index in [0.717, 1.165) is 0 Å². The summed E-state index contributed by atoms with van der Waals surface area (Å²) in [6.45, 7) is 2.01. The lowest BCUT2D eigenvalue weighted by atomic mass is 10.3. The summed E-state index contributed by atoms with van der Waals surface area (Å²) in [5, 5.41) is 0.0995. The van der Waals surface area contributed by atoms with Gasteiger partial charge in [-0.1, -0.05) is 11.6 Å². The molecule has 0 aliphatic carbocycles. The fourth-order valence-corrected chi connectivity index (χ4v) is 1.19. The highest BCUT2D eigenvalue weighted by molar-refractivity contribution is 7.79. The second kappa shape index (κ2) is 5.17. The lowest BCUT2D eigenvalue weighted by Crippen LogP contribution is -2.08. The van der Waals surface area contributed by atoms with E-state index in [0.29, 0.717) is 18.2 Å². The number of hydrogen-bond acceptors (Lipinski definition) is 5. The van der Waals surface area contributed by atoms with E-state index >= 15 is 0 Å². The summed E-state index contributed by atoms with van der Waals surface area (Å²) < 4.78 is 4.76. The zero-order valence-corrected chi connectivity index (χ0v) is 9.18. The minimum atomic E-state index is -0.511. The van der Waals surface area contributed by atoms with Gasteiger partial charge < -0.3 is 4.74 Å². The van der Waals surface area contributed by atoms with E-state index in [-0.39, 0.29) is 10.7 Å². The predicted molar refractivity (Wildman–Crippen MR) is 55.7 cm³/mol. The molecule has 0 spiro atoms.